The van der Waals surface area contributed by atoms with Gasteiger partial charge in [0.15, 0.2) is 0 Å². The molecular formula is C15H16O4S. The molecule has 0 spiro atoms. The van der Waals surface area contributed by atoms with Crippen molar-refractivity contribution in [2.45, 2.75) is 25.3 Å². The second kappa shape index (κ2) is 5.64. The summed E-state index contributed by atoms with van der Waals surface area (Å²) in [6.45, 7) is 3.41. The van der Waals surface area contributed by atoms with E-state index in [0.717, 1.165) is 5.56 Å². The third kappa shape index (κ3) is 3.00. The Hall–Kier alpha value is -1.85. The van der Waals surface area contributed by atoms with Crippen LogP contribution in [0.25, 0.3) is 0 Å². The topological polar surface area (TPSA) is 63.6 Å². The maximum absolute atomic E-state index is 12.2. The first-order valence-corrected chi connectivity index (χ1v) is 7.55. The SMILES string of the molecule is Cc1cc(CO)cc(C)c1OS(=O)(=O)c1ccccc1. The number of rotatable bonds is 4. The van der Waals surface area contributed by atoms with Gasteiger partial charge in [-0.15, -0.1) is 0 Å². The van der Waals surface area contributed by atoms with Gasteiger partial charge in [0.2, 0.25) is 0 Å². The molecular weight excluding hydrogens is 276 g/mol. The van der Waals surface area contributed by atoms with Gasteiger partial charge in [-0.1, -0.05) is 30.3 Å². The Morgan fingerprint density at radius 1 is 1.05 bits per heavy atom. The van der Waals surface area contributed by atoms with E-state index in [1.54, 1.807) is 44.2 Å². The number of benzene rings is 2. The molecule has 5 heteroatoms. The van der Waals surface area contributed by atoms with E-state index in [0.29, 0.717) is 16.9 Å². The number of aryl methyl sites for hydroxylation is 2. The van der Waals surface area contributed by atoms with Crippen LogP contribution in [0.1, 0.15) is 16.7 Å². The summed E-state index contributed by atoms with van der Waals surface area (Å²) in [5, 5.41) is 9.13. The van der Waals surface area contributed by atoms with Crippen LogP contribution in [0.15, 0.2) is 47.4 Å². The molecule has 0 saturated heterocycles. The Bertz CT molecular complexity index is 683. The first-order valence-electron chi connectivity index (χ1n) is 6.14. The van der Waals surface area contributed by atoms with Crippen LogP contribution in [0.5, 0.6) is 5.75 Å². The fraction of sp³-hybridized carbons (Fsp3) is 0.200. The lowest BCUT2D eigenvalue weighted by Gasteiger charge is -2.13. The number of aliphatic hydroxyl groups excluding tert-OH is 1. The van der Waals surface area contributed by atoms with Gasteiger partial charge in [0, 0.05) is 0 Å². The van der Waals surface area contributed by atoms with Crippen LogP contribution in [0.4, 0.5) is 0 Å². The van der Waals surface area contributed by atoms with Gasteiger partial charge in [-0.25, -0.2) is 0 Å². The van der Waals surface area contributed by atoms with Gasteiger partial charge in [0.25, 0.3) is 0 Å². The van der Waals surface area contributed by atoms with Crippen molar-refractivity contribution in [2.75, 3.05) is 0 Å². The van der Waals surface area contributed by atoms with E-state index >= 15 is 0 Å². The Morgan fingerprint density at radius 3 is 2.10 bits per heavy atom. The fourth-order valence-corrected chi connectivity index (χ4v) is 3.08. The van der Waals surface area contributed by atoms with Crippen molar-refractivity contribution in [3.8, 4) is 5.75 Å². The molecule has 0 amide bonds. The maximum Gasteiger partial charge on any atom is 0.339 e. The first kappa shape index (κ1) is 14.6. The highest BCUT2D eigenvalue weighted by atomic mass is 32.2. The molecule has 1 N–H and O–H groups in total. The largest absolute Gasteiger partial charge is 0.392 e. The summed E-state index contributed by atoms with van der Waals surface area (Å²) >= 11 is 0. The van der Waals surface area contributed by atoms with E-state index in [4.69, 9.17) is 9.29 Å². The van der Waals surface area contributed by atoms with Crippen LogP contribution in [-0.2, 0) is 16.7 Å². The molecule has 0 heterocycles. The third-order valence-corrected chi connectivity index (χ3v) is 4.16. The van der Waals surface area contributed by atoms with Crippen LogP contribution in [-0.4, -0.2) is 13.5 Å². The first-order chi connectivity index (χ1) is 9.44. The maximum atomic E-state index is 12.2. The van der Waals surface area contributed by atoms with E-state index in [-0.39, 0.29) is 11.5 Å². The summed E-state index contributed by atoms with van der Waals surface area (Å²) in [6.07, 6.45) is 0. The van der Waals surface area contributed by atoms with Gasteiger partial charge in [-0.05, 0) is 42.7 Å². The zero-order valence-corrected chi connectivity index (χ0v) is 12.1. The van der Waals surface area contributed by atoms with Crippen molar-refractivity contribution < 1.29 is 17.7 Å². The smallest absolute Gasteiger partial charge is 0.339 e. The predicted octanol–water partition coefficient (Wildman–Crippen LogP) is 2.56. The molecule has 20 heavy (non-hydrogen) atoms. The minimum atomic E-state index is -3.84. The lowest BCUT2D eigenvalue weighted by atomic mass is 10.1. The highest BCUT2D eigenvalue weighted by Crippen LogP contribution is 2.28. The van der Waals surface area contributed by atoms with Crippen molar-refractivity contribution in [1.29, 1.82) is 0 Å². The molecule has 0 saturated carbocycles. The standard InChI is InChI=1S/C15H16O4S/c1-11-8-13(10-16)9-12(2)15(11)19-20(17,18)14-6-4-3-5-7-14/h3-9,16H,10H2,1-2H3. The Labute approximate surface area is 118 Å². The number of aliphatic hydroxyl groups is 1. The average Bonchev–Trinajstić information content (AvgIpc) is 2.43. The molecule has 0 aliphatic heterocycles. The Kier molecular flexibility index (Phi) is 4.11. The summed E-state index contributed by atoms with van der Waals surface area (Å²) in [5.41, 5.74) is 2.08. The normalized spacial score (nSPS) is 11.3. The van der Waals surface area contributed by atoms with Gasteiger partial charge >= 0.3 is 10.1 Å². The van der Waals surface area contributed by atoms with Crippen LogP contribution < -0.4 is 4.18 Å². The van der Waals surface area contributed by atoms with Gasteiger partial charge < -0.3 is 9.29 Å². The molecule has 0 aromatic heterocycles. The van der Waals surface area contributed by atoms with Crippen LogP contribution in [0, 0.1) is 13.8 Å². The number of hydrogen-bond acceptors (Lipinski definition) is 4. The molecule has 0 fully saturated rings. The quantitative estimate of drug-likeness (QED) is 0.880. The molecule has 2 aromatic rings. The molecule has 0 radical (unpaired) electrons. The average molecular weight is 292 g/mol. The molecule has 4 nitrogen and oxygen atoms in total. The highest BCUT2D eigenvalue weighted by Gasteiger charge is 2.19. The highest BCUT2D eigenvalue weighted by molar-refractivity contribution is 7.87. The van der Waals surface area contributed by atoms with Crippen LogP contribution in [0.2, 0.25) is 0 Å². The van der Waals surface area contributed by atoms with Crippen molar-refractivity contribution in [3.63, 3.8) is 0 Å². The molecule has 0 atom stereocenters. The number of hydrogen-bond donors (Lipinski definition) is 1. The second-order valence-electron chi connectivity index (χ2n) is 4.57. The van der Waals surface area contributed by atoms with Crippen LogP contribution in [0.3, 0.4) is 0 Å². The fourth-order valence-electron chi connectivity index (χ4n) is 2.01. The molecule has 2 rings (SSSR count). The Balaban J connectivity index is 2.40. The summed E-state index contributed by atoms with van der Waals surface area (Å²) in [7, 11) is -3.84. The monoisotopic (exact) mass is 292 g/mol. The van der Waals surface area contributed by atoms with Gasteiger partial charge in [-0.3, -0.25) is 0 Å². The van der Waals surface area contributed by atoms with E-state index in [2.05, 4.69) is 0 Å². The predicted molar refractivity (Wildman–Crippen MR) is 76.1 cm³/mol. The van der Waals surface area contributed by atoms with Crippen molar-refractivity contribution in [1.82, 2.24) is 0 Å². The summed E-state index contributed by atoms with van der Waals surface area (Å²) < 4.78 is 29.6. The summed E-state index contributed by atoms with van der Waals surface area (Å²) in [6, 6.07) is 11.4. The summed E-state index contributed by atoms with van der Waals surface area (Å²) in [4.78, 5) is 0.116. The van der Waals surface area contributed by atoms with Gasteiger partial charge in [-0.2, -0.15) is 8.42 Å². The zero-order chi connectivity index (χ0) is 14.8. The molecule has 0 aliphatic carbocycles. The van der Waals surface area contributed by atoms with E-state index in [9.17, 15) is 8.42 Å². The third-order valence-electron chi connectivity index (χ3n) is 2.93. The van der Waals surface area contributed by atoms with Crippen LogP contribution >= 0.6 is 0 Å². The van der Waals surface area contributed by atoms with Gasteiger partial charge in [0.05, 0.1) is 6.61 Å². The lowest BCUT2D eigenvalue weighted by Crippen LogP contribution is -2.11. The Morgan fingerprint density at radius 2 is 1.60 bits per heavy atom. The van der Waals surface area contributed by atoms with E-state index in [1.165, 1.54) is 12.1 Å². The molecule has 0 aliphatic rings. The minimum absolute atomic E-state index is 0.0899. The van der Waals surface area contributed by atoms with Crippen molar-refractivity contribution in [3.05, 3.63) is 59.2 Å². The zero-order valence-electron chi connectivity index (χ0n) is 11.3. The van der Waals surface area contributed by atoms with E-state index < -0.39 is 10.1 Å². The summed E-state index contributed by atoms with van der Waals surface area (Å²) in [5.74, 6) is 0.311. The van der Waals surface area contributed by atoms with Crippen molar-refractivity contribution in [2.24, 2.45) is 0 Å². The minimum Gasteiger partial charge on any atom is -0.392 e. The van der Waals surface area contributed by atoms with Gasteiger partial charge in [0.1, 0.15) is 10.6 Å². The van der Waals surface area contributed by atoms with Crippen molar-refractivity contribution >= 4 is 10.1 Å². The molecule has 106 valence electrons. The molecule has 0 bridgehead atoms. The van der Waals surface area contributed by atoms with E-state index in [1.807, 2.05) is 0 Å². The second-order valence-corrected chi connectivity index (χ2v) is 6.11. The molecule has 2 aromatic carbocycles. The lowest BCUT2D eigenvalue weighted by molar-refractivity contribution is 0.281. The molecule has 0 unspecified atom stereocenters.